The average molecular weight is 454 g/mol. The maximum atomic E-state index is 13.0. The second-order valence-corrected chi connectivity index (χ2v) is 9.21. The molecule has 9 heteroatoms. The molecular formula is C24H31N5O4. The number of hydrogen-bond donors (Lipinski definition) is 2. The average Bonchev–Trinajstić information content (AvgIpc) is 2.74. The number of pyridine rings is 2. The Hall–Kier alpha value is -3.49. The van der Waals surface area contributed by atoms with Crippen LogP contribution >= 0.6 is 0 Å². The number of aryl methyl sites for hydroxylation is 2. The van der Waals surface area contributed by atoms with E-state index in [0.717, 1.165) is 30.5 Å². The Morgan fingerprint density at radius 1 is 1.09 bits per heavy atom. The van der Waals surface area contributed by atoms with Crippen LogP contribution in [0.3, 0.4) is 0 Å². The first-order chi connectivity index (χ1) is 15.5. The van der Waals surface area contributed by atoms with Gasteiger partial charge in [0.15, 0.2) is 0 Å². The van der Waals surface area contributed by atoms with Gasteiger partial charge in [0, 0.05) is 18.4 Å². The highest BCUT2D eigenvalue weighted by Crippen LogP contribution is 2.31. The number of carbonyl (C=O) groups is 3. The zero-order valence-electron chi connectivity index (χ0n) is 19.8. The third-order valence-electron chi connectivity index (χ3n) is 5.22. The lowest BCUT2D eigenvalue weighted by Crippen LogP contribution is -2.44. The van der Waals surface area contributed by atoms with Crippen molar-refractivity contribution in [1.29, 1.82) is 0 Å². The van der Waals surface area contributed by atoms with Gasteiger partial charge in [-0.2, -0.15) is 0 Å². The summed E-state index contributed by atoms with van der Waals surface area (Å²) in [7, 11) is 0. The maximum absolute atomic E-state index is 13.0. The van der Waals surface area contributed by atoms with E-state index < -0.39 is 23.5 Å². The van der Waals surface area contributed by atoms with Crippen molar-refractivity contribution in [1.82, 2.24) is 14.9 Å². The van der Waals surface area contributed by atoms with Crippen LogP contribution < -0.4 is 10.6 Å². The topological polar surface area (TPSA) is 114 Å². The molecular weight excluding hydrogens is 422 g/mol. The highest BCUT2D eigenvalue weighted by Gasteiger charge is 2.32. The Labute approximate surface area is 193 Å². The SMILES string of the molecule is Cc1cc([C@@H]2CCCCN2C(=O)C(=O)Nc2cnc(NC(=O)OC(C)(C)C)c(C)c2)ccn1. The molecule has 1 saturated heterocycles. The summed E-state index contributed by atoms with van der Waals surface area (Å²) in [6.45, 7) is 9.47. The summed E-state index contributed by atoms with van der Waals surface area (Å²) in [6.07, 6.45) is 5.15. The number of rotatable bonds is 3. The van der Waals surface area contributed by atoms with Crippen molar-refractivity contribution < 1.29 is 19.1 Å². The zero-order valence-corrected chi connectivity index (χ0v) is 19.8. The molecule has 3 heterocycles. The normalized spacial score (nSPS) is 16.2. The van der Waals surface area contributed by atoms with Gasteiger partial charge < -0.3 is 15.0 Å². The molecule has 0 aliphatic carbocycles. The molecule has 0 aromatic carbocycles. The van der Waals surface area contributed by atoms with Crippen molar-refractivity contribution in [2.75, 3.05) is 17.2 Å². The van der Waals surface area contributed by atoms with E-state index in [1.165, 1.54) is 6.20 Å². The van der Waals surface area contributed by atoms with Gasteiger partial charge in [-0.05, 0) is 83.2 Å². The zero-order chi connectivity index (χ0) is 24.2. The molecule has 3 rings (SSSR count). The van der Waals surface area contributed by atoms with Gasteiger partial charge in [-0.15, -0.1) is 0 Å². The number of anilines is 2. The summed E-state index contributed by atoms with van der Waals surface area (Å²) in [5.41, 5.74) is 2.21. The minimum absolute atomic E-state index is 0.154. The summed E-state index contributed by atoms with van der Waals surface area (Å²) in [5.74, 6) is -0.984. The molecule has 1 aliphatic rings. The second-order valence-electron chi connectivity index (χ2n) is 9.21. The Morgan fingerprint density at radius 3 is 2.52 bits per heavy atom. The van der Waals surface area contributed by atoms with E-state index in [0.29, 0.717) is 23.6 Å². The van der Waals surface area contributed by atoms with Gasteiger partial charge in [-0.25, -0.2) is 9.78 Å². The van der Waals surface area contributed by atoms with Crippen molar-refractivity contribution in [2.45, 2.75) is 65.5 Å². The summed E-state index contributed by atoms with van der Waals surface area (Å²) in [6, 6.07) is 5.34. The van der Waals surface area contributed by atoms with Crippen LogP contribution in [0.15, 0.2) is 30.6 Å². The molecule has 0 spiro atoms. The predicted octanol–water partition coefficient (Wildman–Crippen LogP) is 4.13. The highest BCUT2D eigenvalue weighted by atomic mass is 16.6. The molecule has 2 N–H and O–H groups in total. The molecule has 0 bridgehead atoms. The van der Waals surface area contributed by atoms with E-state index in [2.05, 4.69) is 20.6 Å². The van der Waals surface area contributed by atoms with E-state index in [1.54, 1.807) is 44.9 Å². The van der Waals surface area contributed by atoms with Crippen LogP contribution in [0.1, 0.15) is 62.9 Å². The van der Waals surface area contributed by atoms with Crippen molar-refractivity contribution in [3.63, 3.8) is 0 Å². The monoisotopic (exact) mass is 453 g/mol. The van der Waals surface area contributed by atoms with Gasteiger partial charge in [0.2, 0.25) is 0 Å². The van der Waals surface area contributed by atoms with Gasteiger partial charge in [0.1, 0.15) is 11.4 Å². The minimum Gasteiger partial charge on any atom is -0.444 e. The number of ether oxygens (including phenoxy) is 1. The molecule has 33 heavy (non-hydrogen) atoms. The number of carbonyl (C=O) groups excluding carboxylic acids is 3. The Balaban J connectivity index is 1.68. The molecule has 0 saturated carbocycles. The number of amides is 3. The van der Waals surface area contributed by atoms with Crippen molar-refractivity contribution in [3.8, 4) is 0 Å². The van der Waals surface area contributed by atoms with E-state index in [1.807, 2.05) is 19.1 Å². The lowest BCUT2D eigenvalue weighted by atomic mass is 9.95. The Bertz CT molecular complexity index is 1050. The summed E-state index contributed by atoms with van der Waals surface area (Å²) in [5, 5.41) is 5.22. The van der Waals surface area contributed by atoms with E-state index in [4.69, 9.17) is 4.74 Å². The van der Waals surface area contributed by atoms with Crippen LogP contribution in [0.4, 0.5) is 16.3 Å². The van der Waals surface area contributed by atoms with Crippen LogP contribution in [0.5, 0.6) is 0 Å². The van der Waals surface area contributed by atoms with Crippen LogP contribution in [-0.2, 0) is 14.3 Å². The summed E-state index contributed by atoms with van der Waals surface area (Å²) < 4.78 is 5.23. The Morgan fingerprint density at radius 2 is 1.85 bits per heavy atom. The summed E-state index contributed by atoms with van der Waals surface area (Å²) >= 11 is 0. The van der Waals surface area contributed by atoms with E-state index in [-0.39, 0.29) is 6.04 Å². The lowest BCUT2D eigenvalue weighted by Gasteiger charge is -2.35. The van der Waals surface area contributed by atoms with Gasteiger partial charge in [0.25, 0.3) is 0 Å². The van der Waals surface area contributed by atoms with Gasteiger partial charge >= 0.3 is 17.9 Å². The molecule has 3 amide bonds. The van der Waals surface area contributed by atoms with Crippen LogP contribution in [0.2, 0.25) is 0 Å². The van der Waals surface area contributed by atoms with Crippen LogP contribution in [-0.4, -0.2) is 44.9 Å². The fraction of sp³-hybridized carbons (Fsp3) is 0.458. The number of piperidine rings is 1. The fourth-order valence-corrected chi connectivity index (χ4v) is 3.79. The van der Waals surface area contributed by atoms with E-state index in [9.17, 15) is 14.4 Å². The number of aromatic nitrogens is 2. The van der Waals surface area contributed by atoms with Gasteiger partial charge in [0.05, 0.1) is 17.9 Å². The number of nitrogens with zero attached hydrogens (tertiary/aromatic N) is 3. The third kappa shape index (κ3) is 6.50. The number of nitrogens with one attached hydrogen (secondary N) is 2. The van der Waals surface area contributed by atoms with Crippen LogP contribution in [0, 0.1) is 13.8 Å². The van der Waals surface area contributed by atoms with Crippen LogP contribution in [0.25, 0.3) is 0 Å². The highest BCUT2D eigenvalue weighted by molar-refractivity contribution is 6.39. The van der Waals surface area contributed by atoms with Crippen molar-refractivity contribution >= 4 is 29.4 Å². The first-order valence-corrected chi connectivity index (χ1v) is 11.0. The molecule has 2 aromatic heterocycles. The largest absolute Gasteiger partial charge is 0.444 e. The first-order valence-electron chi connectivity index (χ1n) is 11.0. The summed E-state index contributed by atoms with van der Waals surface area (Å²) in [4.78, 5) is 47.8. The predicted molar refractivity (Wildman–Crippen MR) is 125 cm³/mol. The Kier molecular flexibility index (Phi) is 7.30. The smallest absolute Gasteiger partial charge is 0.413 e. The molecule has 176 valence electrons. The quantitative estimate of drug-likeness (QED) is 0.676. The molecule has 2 aromatic rings. The number of likely N-dealkylation sites (tertiary alicyclic amines) is 1. The van der Waals surface area contributed by atoms with Gasteiger partial charge in [-0.1, -0.05) is 0 Å². The maximum Gasteiger partial charge on any atom is 0.413 e. The molecule has 9 nitrogen and oxygen atoms in total. The first kappa shape index (κ1) is 24.2. The van der Waals surface area contributed by atoms with Crippen molar-refractivity contribution in [2.24, 2.45) is 0 Å². The van der Waals surface area contributed by atoms with Crippen molar-refractivity contribution in [3.05, 3.63) is 47.4 Å². The molecule has 0 radical (unpaired) electrons. The third-order valence-corrected chi connectivity index (χ3v) is 5.22. The fourth-order valence-electron chi connectivity index (χ4n) is 3.79. The second kappa shape index (κ2) is 9.97. The minimum atomic E-state index is -0.721. The van der Waals surface area contributed by atoms with E-state index >= 15 is 0 Å². The molecule has 1 aliphatic heterocycles. The molecule has 1 fully saturated rings. The van der Waals surface area contributed by atoms with Gasteiger partial charge in [-0.3, -0.25) is 19.9 Å². The molecule has 1 atom stereocenters. The lowest BCUT2D eigenvalue weighted by molar-refractivity contribution is -0.145. The number of hydrogen-bond acceptors (Lipinski definition) is 6. The standard InChI is InChI=1S/C24H31N5O4/c1-15-12-18(14-26-20(15)28-23(32)33-24(3,4)5)27-21(30)22(31)29-11-7-6-8-19(29)17-9-10-25-16(2)13-17/h9-10,12-14,19H,6-8,11H2,1-5H3,(H,27,30)(H,26,28,32)/t19-/m0/s1. The molecule has 0 unspecified atom stereocenters.